The number of fused-ring (bicyclic) bond motifs is 8. The third-order valence-electron chi connectivity index (χ3n) is 13.8. The lowest BCUT2D eigenvalue weighted by Gasteiger charge is -2.22. The van der Waals surface area contributed by atoms with Crippen molar-refractivity contribution in [2.24, 2.45) is 10.7 Å². The van der Waals surface area contributed by atoms with Gasteiger partial charge in [0.2, 0.25) is 29.5 Å². The number of primary amides is 1. The van der Waals surface area contributed by atoms with Crippen LogP contribution in [0.15, 0.2) is 96.0 Å². The van der Waals surface area contributed by atoms with E-state index in [2.05, 4.69) is 26.6 Å². The van der Waals surface area contributed by atoms with Gasteiger partial charge in [0.15, 0.2) is 23.0 Å². The van der Waals surface area contributed by atoms with Gasteiger partial charge in [-0.3, -0.25) is 43.5 Å². The molecule has 0 spiro atoms. The third-order valence-corrected chi connectivity index (χ3v) is 17.3. The van der Waals surface area contributed by atoms with Crippen molar-refractivity contribution in [2.75, 3.05) is 66.6 Å². The van der Waals surface area contributed by atoms with Gasteiger partial charge in [0.1, 0.15) is 13.2 Å². The summed E-state index contributed by atoms with van der Waals surface area (Å²) >= 11 is 0. The van der Waals surface area contributed by atoms with Crippen LogP contribution in [-0.2, 0) is 50.0 Å². The van der Waals surface area contributed by atoms with Crippen LogP contribution in [-0.4, -0.2) is 111 Å². The molecule has 418 valence electrons. The average Bonchev–Trinajstić information content (AvgIpc) is 3.97. The summed E-state index contributed by atoms with van der Waals surface area (Å²) in [5, 5.41) is 13.8. The van der Waals surface area contributed by atoms with Gasteiger partial charge in [0.05, 0.1) is 68.4 Å². The molecule has 4 aliphatic heterocycles. The van der Waals surface area contributed by atoms with E-state index in [0.29, 0.717) is 94.5 Å². The predicted molar refractivity (Wildman–Crippen MR) is 309 cm³/mol. The van der Waals surface area contributed by atoms with Crippen LogP contribution in [0.1, 0.15) is 82.5 Å². The van der Waals surface area contributed by atoms with Crippen molar-refractivity contribution in [3.8, 4) is 23.0 Å². The molecule has 0 radical (unpaired) electrons. The van der Waals surface area contributed by atoms with E-state index in [1.54, 1.807) is 69.1 Å². The second kappa shape index (κ2) is 25.3. The highest BCUT2D eigenvalue weighted by Crippen LogP contribution is 2.44. The van der Waals surface area contributed by atoms with Crippen LogP contribution in [0.25, 0.3) is 0 Å². The van der Waals surface area contributed by atoms with E-state index in [1.807, 2.05) is 73.3 Å². The van der Waals surface area contributed by atoms with Crippen LogP contribution in [0.3, 0.4) is 0 Å². The average molecular weight is 1130 g/mol. The summed E-state index contributed by atoms with van der Waals surface area (Å²) in [6.07, 6.45) is 4.88. The van der Waals surface area contributed by atoms with Gasteiger partial charge in [0.25, 0.3) is 11.8 Å². The molecule has 5 aromatic carbocycles. The highest BCUT2D eigenvalue weighted by molar-refractivity contribution is 8.77. The number of amides is 7. The van der Waals surface area contributed by atoms with Crippen molar-refractivity contribution in [3.63, 3.8) is 0 Å². The Morgan fingerprint density at radius 1 is 0.700 bits per heavy atom. The first kappa shape index (κ1) is 56.5. The van der Waals surface area contributed by atoms with E-state index >= 15 is 0 Å². The van der Waals surface area contributed by atoms with E-state index < -0.39 is 30.8 Å². The minimum atomic E-state index is -0.634. The smallest absolute Gasteiger partial charge is 0.261 e. The number of carbonyl (C=O) groups excluding carboxylic acids is 7. The fraction of sp³-hybridized carbons (Fsp3) is 0.345. The van der Waals surface area contributed by atoms with Crippen molar-refractivity contribution in [3.05, 3.63) is 124 Å². The zero-order valence-electron chi connectivity index (χ0n) is 44.8. The molecule has 0 aliphatic carbocycles. The number of nitrogens with zero attached hydrogens (tertiary/aromatic N) is 3. The molecule has 80 heavy (non-hydrogen) atoms. The molecule has 20 nitrogen and oxygen atoms in total. The van der Waals surface area contributed by atoms with Gasteiger partial charge in [-0.25, -0.2) is 0 Å². The van der Waals surface area contributed by atoms with Crippen molar-refractivity contribution in [2.45, 2.75) is 82.4 Å². The lowest BCUT2D eigenvalue weighted by Crippen LogP contribution is -2.43. The molecule has 7 N–H and O–H groups in total. The van der Waals surface area contributed by atoms with E-state index in [-0.39, 0.29) is 66.6 Å². The van der Waals surface area contributed by atoms with E-state index in [0.717, 1.165) is 34.7 Å². The van der Waals surface area contributed by atoms with Gasteiger partial charge in [0, 0.05) is 71.7 Å². The largest absolute Gasteiger partial charge is 0.493 e. The maximum Gasteiger partial charge on any atom is 0.261 e. The number of para-hydroxylation sites is 2. The molecule has 2 atom stereocenters. The predicted octanol–water partition coefficient (Wildman–Crippen LogP) is 6.64. The van der Waals surface area contributed by atoms with E-state index in [4.69, 9.17) is 29.7 Å². The summed E-state index contributed by atoms with van der Waals surface area (Å²) in [7, 11) is 6.22. The zero-order chi connectivity index (χ0) is 56.5. The molecule has 9 rings (SSSR count). The lowest BCUT2D eigenvalue weighted by molar-refractivity contribution is -0.128. The number of carbonyl (C=O) groups is 7. The number of aliphatic imine (C=N–C) groups is 1. The second-order valence-electron chi connectivity index (χ2n) is 20.2. The van der Waals surface area contributed by atoms with Crippen LogP contribution < -0.4 is 61.1 Å². The Kier molecular flexibility index (Phi) is 17.8. The van der Waals surface area contributed by atoms with Gasteiger partial charge < -0.3 is 56.2 Å². The highest BCUT2D eigenvalue weighted by atomic mass is 33.1. The summed E-state index contributed by atoms with van der Waals surface area (Å²) in [6.45, 7) is 3.29. The van der Waals surface area contributed by atoms with Gasteiger partial charge in [-0.05, 0) is 97.8 Å². The molecule has 22 heteroatoms. The molecule has 5 aromatic rings. The van der Waals surface area contributed by atoms with Gasteiger partial charge in [-0.2, -0.15) is 0 Å². The maximum absolute atomic E-state index is 14.1. The Labute approximate surface area is 471 Å². The molecule has 1 unspecified atom stereocenters. The summed E-state index contributed by atoms with van der Waals surface area (Å²) in [4.78, 5) is 98.8. The Morgan fingerprint density at radius 2 is 1.29 bits per heavy atom. The Balaban J connectivity index is 0.846. The van der Waals surface area contributed by atoms with Gasteiger partial charge in [-0.1, -0.05) is 58.0 Å². The third kappa shape index (κ3) is 13.6. The highest BCUT2D eigenvalue weighted by Gasteiger charge is 2.39. The zero-order valence-corrected chi connectivity index (χ0v) is 46.4. The van der Waals surface area contributed by atoms with E-state index in [9.17, 15) is 33.6 Å². The lowest BCUT2D eigenvalue weighted by atomic mass is 10.1. The molecule has 0 fully saturated rings. The number of hydrogen-bond acceptors (Lipinski definition) is 15. The quantitative estimate of drug-likeness (QED) is 0.0280. The van der Waals surface area contributed by atoms with Crippen molar-refractivity contribution in [1.82, 2.24) is 16.0 Å². The molecule has 0 saturated heterocycles. The minimum Gasteiger partial charge on any atom is -0.493 e. The molecular formula is C58H63N9O11S2. The second-order valence-corrected chi connectivity index (χ2v) is 23.3. The molecular weight excluding hydrogens is 1060 g/mol. The van der Waals surface area contributed by atoms with Crippen LogP contribution in [0.4, 0.5) is 28.4 Å². The number of ether oxygens (including phenoxy) is 4. The number of benzene rings is 5. The topological polar surface area (TPSA) is 261 Å². The molecule has 4 aliphatic rings. The summed E-state index contributed by atoms with van der Waals surface area (Å²) in [6, 6.07) is 27.4. The monoisotopic (exact) mass is 1130 g/mol. The summed E-state index contributed by atoms with van der Waals surface area (Å²) < 4.78 is 24.1. The first-order chi connectivity index (χ1) is 38.6. The van der Waals surface area contributed by atoms with Crippen LogP contribution >= 0.6 is 21.6 Å². The van der Waals surface area contributed by atoms with Gasteiger partial charge in [-0.15, -0.1) is 0 Å². The van der Waals surface area contributed by atoms with Crippen molar-refractivity contribution in [1.29, 1.82) is 0 Å². The Bertz CT molecular complexity index is 3260. The summed E-state index contributed by atoms with van der Waals surface area (Å²) in [5.41, 5.74) is 12.5. The Morgan fingerprint density at radius 3 is 1.95 bits per heavy atom. The van der Waals surface area contributed by atoms with Crippen LogP contribution in [0.2, 0.25) is 0 Å². The molecule has 0 aromatic heterocycles. The maximum atomic E-state index is 14.1. The summed E-state index contributed by atoms with van der Waals surface area (Å²) in [5.74, 6) is -0.699. The SMILES string of the molecule is COc1cc2c(cc1OCc1cc(COc3cc4c(cc3OC)C(=O)N3c5ccccc5CC3CN4)cc(NC(=O)CNC(=O)CNC(=O)CNC(=O)CCC(C)(C)SSCCCC(N)=O)c1)N=C[C@@H]1Cc3ccccc3N1C2=O. The fourth-order valence-corrected chi connectivity index (χ4v) is 12.5. The number of rotatable bonds is 24. The number of methoxy groups -OCH3 is 2. The molecule has 0 saturated carbocycles. The standard InChI is InChI=1S/C58H63N9O11S2/c1-58(2,80-79-17-9-14-51(59)68)16-15-52(69)62-29-53(70)63-30-54(71)64-31-55(72)65-38-19-34(32-77-49-25-43-41(23-47(49)75-3)56(73)66-39(27-60-43)21-36-10-5-7-12-45(36)66)18-35(20-38)33-78-50-26-44-42(24-48(50)76-4)57(74)67-40(28-61-44)22-37-11-6-8-13-46(37)67/h5-8,10-13,18-20,23-27,39-40,61H,9,14-17,21-22,28-33H2,1-4H3,(H2,59,68)(H,62,69)(H,63,70)(H,64,71)(H,65,72)/t39-,40?/m0/s1. The fourth-order valence-electron chi connectivity index (χ4n) is 9.84. The van der Waals surface area contributed by atoms with Crippen LogP contribution in [0, 0.1) is 0 Å². The normalized spacial score (nSPS) is 15.6. The number of nitrogens with two attached hydrogens (primary N) is 1. The first-order valence-electron chi connectivity index (χ1n) is 26.2. The first-order valence-corrected chi connectivity index (χ1v) is 28.5. The molecule has 7 amide bonds. The minimum absolute atomic E-state index is 0.0182. The van der Waals surface area contributed by atoms with Crippen molar-refractivity contribution >= 4 is 97.6 Å². The molecule has 4 heterocycles. The number of hydrogen-bond donors (Lipinski definition) is 6. The molecule has 0 bridgehead atoms. The van der Waals surface area contributed by atoms with E-state index in [1.165, 1.54) is 14.2 Å². The Hall–Kier alpha value is -8.24. The number of nitrogens with one attached hydrogen (secondary N) is 5. The van der Waals surface area contributed by atoms with Gasteiger partial charge >= 0.3 is 0 Å². The van der Waals surface area contributed by atoms with Crippen LogP contribution in [0.5, 0.6) is 23.0 Å². The number of anilines is 4. The van der Waals surface area contributed by atoms with Crippen molar-refractivity contribution < 1.29 is 52.5 Å².